The number of hydrogen-bond donors (Lipinski definition) is 2. The number of halogens is 4. The molecule has 9 heteroatoms. The number of rotatable bonds is 4. The minimum absolute atomic E-state index is 0.429. The second-order valence-electron chi connectivity index (χ2n) is 5.24. The average Bonchev–Trinajstić information content (AvgIpc) is 2.97. The van der Waals surface area contributed by atoms with E-state index in [1.807, 2.05) is 0 Å². The molecule has 2 N–H and O–H groups in total. The molecule has 0 aliphatic carbocycles. The Morgan fingerprint density at radius 1 is 1.00 bits per heavy atom. The van der Waals surface area contributed by atoms with Crippen molar-refractivity contribution in [2.45, 2.75) is 6.42 Å². The average molecular weight is 447 g/mol. The Balaban J connectivity index is 1.65. The molecule has 0 atom stereocenters. The number of benzene rings is 2. The largest absolute Gasteiger partial charge is 0.324 e. The van der Waals surface area contributed by atoms with E-state index < -0.39 is 6.03 Å². The second-order valence-corrected chi connectivity index (χ2v) is 7.87. The van der Waals surface area contributed by atoms with Gasteiger partial charge >= 0.3 is 6.03 Å². The maximum atomic E-state index is 12.1. The van der Waals surface area contributed by atoms with Crippen molar-refractivity contribution in [1.82, 2.24) is 4.98 Å². The summed E-state index contributed by atoms with van der Waals surface area (Å²) < 4.78 is 0. The number of carbonyl (C=O) groups is 1. The van der Waals surface area contributed by atoms with E-state index in [1.165, 1.54) is 11.3 Å². The summed E-state index contributed by atoms with van der Waals surface area (Å²) >= 11 is 25.6. The molecular weight excluding hydrogens is 436 g/mol. The van der Waals surface area contributed by atoms with Crippen molar-refractivity contribution in [1.29, 1.82) is 0 Å². The normalized spacial score (nSPS) is 10.6. The molecule has 1 heterocycles. The van der Waals surface area contributed by atoms with Crippen LogP contribution in [0.5, 0.6) is 0 Å². The number of aromatic nitrogens is 1. The number of nitrogens with zero attached hydrogens (tertiary/aromatic N) is 1. The fourth-order valence-corrected chi connectivity index (χ4v) is 4.00. The van der Waals surface area contributed by atoms with Crippen LogP contribution < -0.4 is 10.6 Å². The van der Waals surface area contributed by atoms with Gasteiger partial charge in [-0.3, -0.25) is 5.32 Å². The third-order valence-electron chi connectivity index (χ3n) is 3.30. The molecule has 26 heavy (non-hydrogen) atoms. The molecular formula is C17H11Cl4N3OS. The first-order chi connectivity index (χ1) is 12.4. The van der Waals surface area contributed by atoms with E-state index >= 15 is 0 Å². The summed E-state index contributed by atoms with van der Waals surface area (Å²) in [5, 5.41) is 9.86. The van der Waals surface area contributed by atoms with Gasteiger partial charge in [-0.2, -0.15) is 0 Å². The highest BCUT2D eigenvalue weighted by atomic mass is 35.5. The molecule has 0 aliphatic heterocycles. The Morgan fingerprint density at radius 2 is 1.65 bits per heavy atom. The predicted octanol–water partition coefficient (Wildman–Crippen LogP) is 6.99. The molecule has 0 bridgehead atoms. The van der Waals surface area contributed by atoms with Crippen molar-refractivity contribution in [3.05, 3.63) is 72.4 Å². The quantitative estimate of drug-likeness (QED) is 0.453. The number of thiazole rings is 1. The molecule has 0 aliphatic rings. The number of urea groups is 1. The van der Waals surface area contributed by atoms with E-state index in [0.717, 1.165) is 10.6 Å². The molecule has 3 rings (SSSR count). The minimum Gasteiger partial charge on any atom is -0.308 e. The Morgan fingerprint density at radius 3 is 2.31 bits per heavy atom. The van der Waals surface area contributed by atoms with Crippen LogP contribution in [0, 0.1) is 0 Å². The molecule has 1 aromatic heterocycles. The molecule has 0 unspecified atom stereocenters. The standard InChI is InChI=1S/C17H11Cl4N3OS/c18-9-4-10(19)6-11(5-9)22-17(25)24-15-8-26-16(23-15)7-12-13(20)2-1-3-14(12)21/h1-6,8H,7H2,(H2,22,24,25). The predicted molar refractivity (Wildman–Crippen MR) is 110 cm³/mol. The van der Waals surface area contributed by atoms with Gasteiger partial charge in [0.05, 0.1) is 5.01 Å². The monoisotopic (exact) mass is 445 g/mol. The van der Waals surface area contributed by atoms with Crippen molar-refractivity contribution in [2.24, 2.45) is 0 Å². The lowest BCUT2D eigenvalue weighted by molar-refractivity contribution is 0.262. The highest BCUT2D eigenvalue weighted by Gasteiger charge is 2.11. The molecule has 0 saturated heterocycles. The van der Waals surface area contributed by atoms with Crippen LogP contribution in [0.4, 0.5) is 16.3 Å². The number of carbonyl (C=O) groups excluding carboxylic acids is 1. The summed E-state index contributed by atoms with van der Waals surface area (Å²) in [5.74, 6) is 0.429. The van der Waals surface area contributed by atoms with Gasteiger partial charge in [0.25, 0.3) is 0 Å². The Hall–Kier alpha value is -1.50. The van der Waals surface area contributed by atoms with Gasteiger partial charge in [-0.05, 0) is 35.9 Å². The maximum Gasteiger partial charge on any atom is 0.324 e. The maximum absolute atomic E-state index is 12.1. The summed E-state index contributed by atoms with van der Waals surface area (Å²) in [6, 6.07) is 9.67. The lowest BCUT2D eigenvalue weighted by Gasteiger charge is -2.07. The molecule has 0 saturated carbocycles. The highest BCUT2D eigenvalue weighted by molar-refractivity contribution is 7.10. The first kappa shape index (κ1) is 19.3. The lowest BCUT2D eigenvalue weighted by Crippen LogP contribution is -2.19. The molecule has 2 amide bonds. The summed E-state index contributed by atoms with van der Waals surface area (Å²) in [5.41, 5.74) is 1.29. The van der Waals surface area contributed by atoms with Crippen LogP contribution in [0.2, 0.25) is 20.1 Å². The summed E-state index contributed by atoms with van der Waals surface area (Å²) in [6.07, 6.45) is 0.483. The van der Waals surface area contributed by atoms with Crippen LogP contribution in [0.1, 0.15) is 10.6 Å². The van der Waals surface area contributed by atoms with Gasteiger partial charge in [-0.25, -0.2) is 9.78 Å². The Labute approximate surface area is 174 Å². The molecule has 3 aromatic rings. The van der Waals surface area contributed by atoms with Crippen LogP contribution >= 0.6 is 57.7 Å². The van der Waals surface area contributed by atoms with Crippen molar-refractivity contribution < 1.29 is 4.79 Å². The van der Waals surface area contributed by atoms with Gasteiger partial charge in [0, 0.05) is 37.6 Å². The van der Waals surface area contributed by atoms with Crippen LogP contribution in [0.15, 0.2) is 41.8 Å². The molecule has 2 aromatic carbocycles. The zero-order valence-electron chi connectivity index (χ0n) is 13.0. The summed E-state index contributed by atoms with van der Waals surface area (Å²) in [4.78, 5) is 16.5. The first-order valence-electron chi connectivity index (χ1n) is 7.32. The van der Waals surface area contributed by atoms with E-state index in [-0.39, 0.29) is 0 Å². The molecule has 0 fully saturated rings. The van der Waals surface area contributed by atoms with Gasteiger partial charge < -0.3 is 5.32 Å². The van der Waals surface area contributed by atoms with Crippen LogP contribution in [-0.2, 0) is 6.42 Å². The third-order valence-corrected chi connectivity index (χ3v) is 5.30. The van der Waals surface area contributed by atoms with Gasteiger partial charge in [-0.1, -0.05) is 52.5 Å². The first-order valence-corrected chi connectivity index (χ1v) is 9.71. The van der Waals surface area contributed by atoms with Crippen molar-refractivity contribution in [3.8, 4) is 0 Å². The SMILES string of the molecule is O=C(Nc1cc(Cl)cc(Cl)c1)Nc1csc(Cc2c(Cl)cccc2Cl)n1. The Bertz CT molecular complexity index is 920. The van der Waals surface area contributed by atoms with Crippen molar-refractivity contribution in [2.75, 3.05) is 10.6 Å². The fourth-order valence-electron chi connectivity index (χ4n) is 2.21. The number of hydrogen-bond acceptors (Lipinski definition) is 3. The van der Waals surface area contributed by atoms with E-state index in [9.17, 15) is 4.79 Å². The van der Waals surface area contributed by atoms with E-state index in [2.05, 4.69) is 15.6 Å². The molecule has 0 radical (unpaired) electrons. The van der Waals surface area contributed by atoms with Gasteiger partial charge in [0.15, 0.2) is 0 Å². The topological polar surface area (TPSA) is 54.0 Å². The number of nitrogens with one attached hydrogen (secondary N) is 2. The smallest absolute Gasteiger partial charge is 0.308 e. The zero-order chi connectivity index (χ0) is 18.7. The van der Waals surface area contributed by atoms with E-state index in [0.29, 0.717) is 38.0 Å². The summed E-state index contributed by atoms with van der Waals surface area (Å²) in [6.45, 7) is 0. The van der Waals surface area contributed by atoms with Crippen LogP contribution in [-0.4, -0.2) is 11.0 Å². The lowest BCUT2D eigenvalue weighted by atomic mass is 10.1. The third kappa shape index (κ3) is 5.02. The minimum atomic E-state index is -0.448. The van der Waals surface area contributed by atoms with E-state index in [4.69, 9.17) is 46.4 Å². The Kier molecular flexibility index (Phi) is 6.27. The molecule has 134 valence electrons. The number of amides is 2. The van der Waals surface area contributed by atoms with Crippen molar-refractivity contribution >= 4 is 75.3 Å². The van der Waals surface area contributed by atoms with Crippen LogP contribution in [0.25, 0.3) is 0 Å². The van der Waals surface area contributed by atoms with Crippen LogP contribution in [0.3, 0.4) is 0 Å². The zero-order valence-corrected chi connectivity index (χ0v) is 16.9. The van der Waals surface area contributed by atoms with Gasteiger partial charge in [-0.15, -0.1) is 11.3 Å². The highest BCUT2D eigenvalue weighted by Crippen LogP contribution is 2.28. The van der Waals surface area contributed by atoms with Crippen molar-refractivity contribution in [3.63, 3.8) is 0 Å². The molecule has 4 nitrogen and oxygen atoms in total. The second kappa shape index (κ2) is 8.46. The molecule has 0 spiro atoms. The number of anilines is 2. The van der Waals surface area contributed by atoms with E-state index in [1.54, 1.807) is 41.8 Å². The van der Waals surface area contributed by atoms with Gasteiger partial charge in [0.1, 0.15) is 5.82 Å². The summed E-state index contributed by atoms with van der Waals surface area (Å²) in [7, 11) is 0. The fraction of sp³-hybridized carbons (Fsp3) is 0.0588. The van der Waals surface area contributed by atoms with Gasteiger partial charge in [0.2, 0.25) is 0 Å².